The van der Waals surface area contributed by atoms with Gasteiger partial charge >= 0.3 is 0 Å². The Morgan fingerprint density at radius 3 is 2.93 bits per heavy atom. The third-order valence-corrected chi connectivity index (χ3v) is 2.25. The number of hydrogen-bond donors (Lipinski definition) is 0. The van der Waals surface area contributed by atoms with E-state index in [1.54, 1.807) is 6.07 Å². The predicted molar refractivity (Wildman–Crippen MR) is 55.6 cm³/mol. The molecule has 0 N–H and O–H groups in total. The molecule has 0 saturated carbocycles. The molecule has 72 valence electrons. The van der Waals surface area contributed by atoms with Crippen LogP contribution in [0, 0.1) is 0 Å². The van der Waals surface area contributed by atoms with Gasteiger partial charge < -0.3 is 4.42 Å². The molecule has 0 fully saturated rings. The summed E-state index contributed by atoms with van der Waals surface area (Å²) in [6, 6.07) is 7.83. The van der Waals surface area contributed by atoms with Gasteiger partial charge in [0.2, 0.25) is 0 Å². The summed E-state index contributed by atoms with van der Waals surface area (Å²) in [5, 5.41) is 1.01. The molecule has 0 aliphatic heterocycles. The summed E-state index contributed by atoms with van der Waals surface area (Å²) in [6.45, 7) is 2.15. The molecule has 1 aromatic heterocycles. The summed E-state index contributed by atoms with van der Waals surface area (Å²) < 4.78 is 5.28. The zero-order chi connectivity index (χ0) is 9.97. The maximum absolute atomic E-state index is 10.5. The third kappa shape index (κ3) is 1.55. The van der Waals surface area contributed by atoms with Gasteiger partial charge in [-0.15, -0.1) is 0 Å². The highest BCUT2D eigenvalue weighted by Crippen LogP contribution is 2.20. The van der Waals surface area contributed by atoms with Crippen LogP contribution in [0.3, 0.4) is 0 Å². The van der Waals surface area contributed by atoms with Gasteiger partial charge in [-0.05, 0) is 30.2 Å². The fourth-order valence-corrected chi connectivity index (χ4v) is 1.62. The highest BCUT2D eigenvalue weighted by Gasteiger charge is 2.02. The van der Waals surface area contributed by atoms with Gasteiger partial charge in [-0.25, -0.2) is 0 Å². The molecule has 0 aliphatic carbocycles. The first kappa shape index (κ1) is 9.00. The Hall–Kier alpha value is -1.57. The Morgan fingerprint density at radius 2 is 2.21 bits per heavy atom. The van der Waals surface area contributed by atoms with E-state index in [1.165, 1.54) is 5.56 Å². The maximum Gasteiger partial charge on any atom is 0.185 e. The monoisotopic (exact) mass is 188 g/mol. The van der Waals surface area contributed by atoms with Crippen molar-refractivity contribution in [1.29, 1.82) is 0 Å². The van der Waals surface area contributed by atoms with Crippen molar-refractivity contribution in [3.8, 4) is 0 Å². The van der Waals surface area contributed by atoms with Crippen molar-refractivity contribution in [3.05, 3.63) is 35.6 Å². The summed E-state index contributed by atoms with van der Waals surface area (Å²) in [4.78, 5) is 10.5. The fourth-order valence-electron chi connectivity index (χ4n) is 1.62. The van der Waals surface area contributed by atoms with Crippen LogP contribution in [0.5, 0.6) is 0 Å². The van der Waals surface area contributed by atoms with E-state index >= 15 is 0 Å². The van der Waals surface area contributed by atoms with E-state index in [0.717, 1.165) is 30.1 Å². The highest BCUT2D eigenvalue weighted by molar-refractivity contribution is 5.85. The number of carbonyl (C=O) groups is 1. The summed E-state index contributed by atoms with van der Waals surface area (Å²) in [5.41, 5.74) is 2.07. The fraction of sp³-hybridized carbons (Fsp3) is 0.250. The van der Waals surface area contributed by atoms with Crippen LogP contribution in [0.1, 0.15) is 29.5 Å². The molecule has 0 amide bonds. The summed E-state index contributed by atoms with van der Waals surface area (Å²) in [7, 11) is 0. The Labute approximate surface area is 82.5 Å². The van der Waals surface area contributed by atoms with E-state index < -0.39 is 0 Å². The largest absolute Gasteiger partial charge is 0.453 e. The Kier molecular flexibility index (Phi) is 2.35. The van der Waals surface area contributed by atoms with Crippen molar-refractivity contribution >= 4 is 17.3 Å². The summed E-state index contributed by atoms with van der Waals surface area (Å²) in [6.07, 6.45) is 2.93. The lowest BCUT2D eigenvalue weighted by molar-refractivity contribution is 0.110. The number of benzene rings is 1. The van der Waals surface area contributed by atoms with Gasteiger partial charge in [0.25, 0.3) is 0 Å². The van der Waals surface area contributed by atoms with E-state index in [2.05, 4.69) is 13.0 Å². The molecule has 2 aromatic rings. The molecule has 1 aromatic carbocycles. The van der Waals surface area contributed by atoms with Crippen molar-refractivity contribution in [2.75, 3.05) is 0 Å². The van der Waals surface area contributed by atoms with Crippen LogP contribution < -0.4 is 0 Å². The molecule has 0 aliphatic rings. The summed E-state index contributed by atoms with van der Waals surface area (Å²) in [5.74, 6) is 0.397. The molecule has 2 rings (SSSR count). The second kappa shape index (κ2) is 3.66. The first-order valence-electron chi connectivity index (χ1n) is 4.81. The topological polar surface area (TPSA) is 30.2 Å². The van der Waals surface area contributed by atoms with Gasteiger partial charge in [0.05, 0.1) is 0 Å². The van der Waals surface area contributed by atoms with Gasteiger partial charge in [-0.3, -0.25) is 4.79 Å². The number of rotatable bonds is 3. The minimum absolute atomic E-state index is 0.397. The lowest BCUT2D eigenvalue weighted by Gasteiger charge is -1.96. The van der Waals surface area contributed by atoms with Crippen molar-refractivity contribution in [2.24, 2.45) is 0 Å². The van der Waals surface area contributed by atoms with E-state index in [4.69, 9.17) is 4.42 Å². The lowest BCUT2D eigenvalue weighted by atomic mass is 10.1. The van der Waals surface area contributed by atoms with Gasteiger partial charge in [0.1, 0.15) is 5.58 Å². The number of aryl methyl sites for hydroxylation is 1. The van der Waals surface area contributed by atoms with Crippen molar-refractivity contribution < 1.29 is 9.21 Å². The molecular formula is C12H12O2. The van der Waals surface area contributed by atoms with E-state index in [9.17, 15) is 4.79 Å². The first-order valence-corrected chi connectivity index (χ1v) is 4.81. The molecule has 0 bridgehead atoms. The maximum atomic E-state index is 10.5. The van der Waals surface area contributed by atoms with Gasteiger partial charge in [-0.1, -0.05) is 19.4 Å². The minimum atomic E-state index is 0.397. The van der Waals surface area contributed by atoms with Crippen LogP contribution in [0.2, 0.25) is 0 Å². The number of carbonyl (C=O) groups excluding carboxylic acids is 1. The highest BCUT2D eigenvalue weighted by atomic mass is 16.3. The van der Waals surface area contributed by atoms with Gasteiger partial charge in [0.15, 0.2) is 12.0 Å². The Bertz CT molecular complexity index is 454. The van der Waals surface area contributed by atoms with Crippen molar-refractivity contribution in [1.82, 2.24) is 0 Å². The average Bonchev–Trinajstić information content (AvgIpc) is 2.60. The number of aldehydes is 1. The second-order valence-electron chi connectivity index (χ2n) is 3.39. The van der Waals surface area contributed by atoms with Crippen LogP contribution in [0.15, 0.2) is 28.7 Å². The average molecular weight is 188 g/mol. The molecule has 2 heteroatoms. The van der Waals surface area contributed by atoms with Crippen LogP contribution in [0.25, 0.3) is 11.0 Å². The van der Waals surface area contributed by atoms with Crippen LogP contribution in [-0.2, 0) is 6.42 Å². The predicted octanol–water partition coefficient (Wildman–Crippen LogP) is 3.20. The van der Waals surface area contributed by atoms with Crippen LogP contribution >= 0.6 is 0 Å². The smallest absolute Gasteiger partial charge is 0.185 e. The van der Waals surface area contributed by atoms with E-state index in [1.807, 2.05) is 12.1 Å². The summed E-state index contributed by atoms with van der Waals surface area (Å²) >= 11 is 0. The van der Waals surface area contributed by atoms with Crippen molar-refractivity contribution in [3.63, 3.8) is 0 Å². The molecule has 0 unspecified atom stereocenters. The lowest BCUT2D eigenvalue weighted by Crippen LogP contribution is -1.80. The molecular weight excluding hydrogens is 176 g/mol. The molecule has 1 heterocycles. The molecule has 0 spiro atoms. The van der Waals surface area contributed by atoms with Gasteiger partial charge in [-0.2, -0.15) is 0 Å². The molecule has 0 radical (unpaired) electrons. The van der Waals surface area contributed by atoms with E-state index in [0.29, 0.717) is 5.76 Å². The zero-order valence-corrected chi connectivity index (χ0v) is 8.12. The van der Waals surface area contributed by atoms with E-state index in [-0.39, 0.29) is 0 Å². The normalized spacial score (nSPS) is 10.6. The standard InChI is InChI=1S/C12H12O2/c1-2-3-9-4-5-12-10(6-9)7-11(8-13)14-12/h4-8H,2-3H2,1H3. The Morgan fingerprint density at radius 1 is 1.36 bits per heavy atom. The second-order valence-corrected chi connectivity index (χ2v) is 3.39. The SMILES string of the molecule is CCCc1ccc2oc(C=O)cc2c1. The molecule has 0 atom stereocenters. The van der Waals surface area contributed by atoms with Crippen LogP contribution in [0.4, 0.5) is 0 Å². The number of hydrogen-bond acceptors (Lipinski definition) is 2. The van der Waals surface area contributed by atoms with Gasteiger partial charge in [0, 0.05) is 5.39 Å². The zero-order valence-electron chi connectivity index (χ0n) is 8.12. The molecule has 2 nitrogen and oxygen atoms in total. The Balaban J connectivity index is 2.48. The van der Waals surface area contributed by atoms with Crippen LogP contribution in [-0.4, -0.2) is 6.29 Å². The number of fused-ring (bicyclic) bond motifs is 1. The quantitative estimate of drug-likeness (QED) is 0.692. The molecule has 0 saturated heterocycles. The first-order chi connectivity index (χ1) is 6.83. The molecule has 14 heavy (non-hydrogen) atoms. The third-order valence-electron chi connectivity index (χ3n) is 2.25. The number of furan rings is 1. The van der Waals surface area contributed by atoms with Crippen molar-refractivity contribution in [2.45, 2.75) is 19.8 Å². The minimum Gasteiger partial charge on any atom is -0.453 e.